The largest absolute Gasteiger partial charge is 0.306 e. The van der Waals surface area contributed by atoms with Crippen LogP contribution in [0.4, 0.5) is 4.39 Å². The standard InChI is InChI=1S/C9H12FN5/c1-15-5-7(4-13-15)6-2-8(10)9(14-11)12-3-6/h3-6,14H,2,11H2,1H3. The maximum absolute atomic E-state index is 13.4. The fourth-order valence-electron chi connectivity index (χ4n) is 1.53. The highest BCUT2D eigenvalue weighted by molar-refractivity contribution is 5.70. The van der Waals surface area contributed by atoms with Gasteiger partial charge in [-0.1, -0.05) is 0 Å². The minimum Gasteiger partial charge on any atom is -0.306 e. The van der Waals surface area contributed by atoms with Crippen molar-refractivity contribution in [2.45, 2.75) is 12.3 Å². The van der Waals surface area contributed by atoms with Gasteiger partial charge < -0.3 is 5.43 Å². The number of hydrogen-bond donors (Lipinski definition) is 2. The van der Waals surface area contributed by atoms with E-state index in [1.54, 1.807) is 17.1 Å². The number of aromatic nitrogens is 2. The number of aryl methyl sites for hydroxylation is 1. The van der Waals surface area contributed by atoms with Crippen LogP contribution >= 0.6 is 0 Å². The summed E-state index contributed by atoms with van der Waals surface area (Å²) in [5.41, 5.74) is 3.17. The zero-order valence-corrected chi connectivity index (χ0v) is 8.31. The fourth-order valence-corrected chi connectivity index (χ4v) is 1.53. The first-order valence-electron chi connectivity index (χ1n) is 4.58. The Balaban J connectivity index is 2.18. The van der Waals surface area contributed by atoms with Crippen molar-refractivity contribution in [1.82, 2.24) is 15.2 Å². The smallest absolute Gasteiger partial charge is 0.171 e. The van der Waals surface area contributed by atoms with E-state index in [9.17, 15) is 4.39 Å². The second kappa shape index (κ2) is 3.82. The third-order valence-electron chi connectivity index (χ3n) is 2.33. The average Bonchev–Trinajstić information content (AvgIpc) is 2.65. The maximum atomic E-state index is 13.4. The Hall–Kier alpha value is -1.69. The summed E-state index contributed by atoms with van der Waals surface area (Å²) in [7, 11) is 1.82. The van der Waals surface area contributed by atoms with E-state index in [0.717, 1.165) is 5.56 Å². The van der Waals surface area contributed by atoms with Gasteiger partial charge >= 0.3 is 0 Å². The van der Waals surface area contributed by atoms with Crippen LogP contribution in [0.15, 0.2) is 29.0 Å². The number of hydrogen-bond acceptors (Lipinski definition) is 4. The van der Waals surface area contributed by atoms with Crippen LogP contribution in [-0.4, -0.2) is 16.0 Å². The molecule has 15 heavy (non-hydrogen) atoms. The summed E-state index contributed by atoms with van der Waals surface area (Å²) in [6.45, 7) is 0. The molecule has 0 bridgehead atoms. The van der Waals surface area contributed by atoms with Crippen LogP contribution in [0.25, 0.3) is 0 Å². The lowest BCUT2D eigenvalue weighted by atomic mass is 9.98. The fraction of sp³-hybridized carbons (Fsp3) is 0.333. The van der Waals surface area contributed by atoms with Gasteiger partial charge in [-0.25, -0.2) is 15.2 Å². The Kier molecular flexibility index (Phi) is 2.51. The zero-order chi connectivity index (χ0) is 10.8. The molecule has 0 saturated heterocycles. The minimum absolute atomic E-state index is 0.0594. The molecule has 0 saturated carbocycles. The first-order valence-corrected chi connectivity index (χ1v) is 4.58. The number of rotatable bonds is 2. The van der Waals surface area contributed by atoms with E-state index in [0.29, 0.717) is 0 Å². The Bertz CT molecular complexity index is 420. The quantitative estimate of drug-likeness (QED) is 0.553. The molecule has 1 aromatic heterocycles. The van der Waals surface area contributed by atoms with Gasteiger partial charge in [0.25, 0.3) is 0 Å². The molecule has 0 aromatic carbocycles. The summed E-state index contributed by atoms with van der Waals surface area (Å²) in [5, 5.41) is 4.03. The van der Waals surface area contributed by atoms with Gasteiger partial charge in [0, 0.05) is 31.8 Å². The molecule has 3 N–H and O–H groups in total. The Labute approximate surface area is 86.5 Å². The third-order valence-corrected chi connectivity index (χ3v) is 2.33. The van der Waals surface area contributed by atoms with Gasteiger partial charge in [-0.05, 0) is 5.56 Å². The second-order valence-electron chi connectivity index (χ2n) is 3.43. The van der Waals surface area contributed by atoms with Gasteiger partial charge in [-0.3, -0.25) is 4.68 Å². The highest BCUT2D eigenvalue weighted by atomic mass is 19.1. The van der Waals surface area contributed by atoms with Gasteiger partial charge in [-0.2, -0.15) is 5.10 Å². The topological polar surface area (TPSA) is 68.2 Å². The van der Waals surface area contributed by atoms with Crippen molar-refractivity contribution in [2.24, 2.45) is 17.9 Å². The van der Waals surface area contributed by atoms with Gasteiger partial charge in [0.05, 0.1) is 6.20 Å². The van der Waals surface area contributed by atoms with Gasteiger partial charge in [0.1, 0.15) is 5.83 Å². The van der Waals surface area contributed by atoms with Crippen LogP contribution in [-0.2, 0) is 7.05 Å². The predicted molar refractivity (Wildman–Crippen MR) is 54.5 cm³/mol. The number of allylic oxidation sites excluding steroid dienone is 1. The molecule has 1 aromatic rings. The lowest BCUT2D eigenvalue weighted by Crippen LogP contribution is -2.23. The van der Waals surface area contributed by atoms with Crippen molar-refractivity contribution >= 4 is 6.21 Å². The molecule has 0 radical (unpaired) electrons. The van der Waals surface area contributed by atoms with E-state index in [1.165, 1.54) is 0 Å². The van der Waals surface area contributed by atoms with Gasteiger partial charge in [-0.15, -0.1) is 0 Å². The normalized spacial score (nSPS) is 20.9. The highest BCUT2D eigenvalue weighted by Crippen LogP contribution is 2.27. The van der Waals surface area contributed by atoms with E-state index < -0.39 is 0 Å². The van der Waals surface area contributed by atoms with E-state index in [2.05, 4.69) is 15.5 Å². The molecule has 0 fully saturated rings. The summed E-state index contributed by atoms with van der Waals surface area (Å²) in [4.78, 5) is 3.90. The van der Waals surface area contributed by atoms with Crippen molar-refractivity contribution in [3.8, 4) is 0 Å². The molecular weight excluding hydrogens is 197 g/mol. The number of nitrogens with two attached hydrogens (primary N) is 1. The van der Waals surface area contributed by atoms with Crippen molar-refractivity contribution in [2.75, 3.05) is 0 Å². The molecule has 1 unspecified atom stereocenters. The van der Waals surface area contributed by atoms with Crippen LogP contribution < -0.4 is 11.3 Å². The van der Waals surface area contributed by atoms with E-state index in [-0.39, 0.29) is 24.0 Å². The summed E-state index contributed by atoms with van der Waals surface area (Å²) in [6, 6.07) is 0. The van der Waals surface area contributed by atoms with E-state index >= 15 is 0 Å². The van der Waals surface area contributed by atoms with Crippen molar-refractivity contribution in [1.29, 1.82) is 0 Å². The number of nitrogens with one attached hydrogen (secondary N) is 1. The molecule has 80 valence electrons. The Morgan fingerprint density at radius 2 is 2.47 bits per heavy atom. The van der Waals surface area contributed by atoms with E-state index in [1.807, 2.05) is 13.2 Å². The van der Waals surface area contributed by atoms with Crippen LogP contribution in [0.1, 0.15) is 17.9 Å². The average molecular weight is 209 g/mol. The summed E-state index contributed by atoms with van der Waals surface area (Å²) < 4.78 is 15.1. The van der Waals surface area contributed by atoms with Crippen LogP contribution in [0.3, 0.4) is 0 Å². The Morgan fingerprint density at radius 1 is 1.67 bits per heavy atom. The molecule has 6 heteroatoms. The molecule has 1 aliphatic heterocycles. The zero-order valence-electron chi connectivity index (χ0n) is 8.31. The second-order valence-corrected chi connectivity index (χ2v) is 3.43. The summed E-state index contributed by atoms with van der Waals surface area (Å²) in [6.07, 6.45) is 5.51. The van der Waals surface area contributed by atoms with Crippen molar-refractivity contribution in [3.05, 3.63) is 29.6 Å². The van der Waals surface area contributed by atoms with E-state index in [4.69, 9.17) is 5.84 Å². The summed E-state index contributed by atoms with van der Waals surface area (Å²) in [5.74, 6) is 4.83. The minimum atomic E-state index is -0.325. The highest BCUT2D eigenvalue weighted by Gasteiger charge is 2.19. The molecule has 5 nitrogen and oxygen atoms in total. The lowest BCUT2D eigenvalue weighted by molar-refractivity contribution is 0.543. The SMILES string of the molecule is Cn1cc(C2C=NC(NN)=C(F)C2)cn1. The molecule has 0 spiro atoms. The number of nitrogens with zero attached hydrogens (tertiary/aromatic N) is 3. The first kappa shape index (κ1) is 9.85. The maximum Gasteiger partial charge on any atom is 0.171 e. The predicted octanol–water partition coefficient (Wildman–Crippen LogP) is 0.580. The molecular formula is C9H12FN5. The number of aliphatic imine (C=N–C) groups is 1. The lowest BCUT2D eigenvalue weighted by Gasteiger charge is -2.15. The van der Waals surface area contributed by atoms with Gasteiger partial charge in [0.15, 0.2) is 5.82 Å². The van der Waals surface area contributed by atoms with Crippen molar-refractivity contribution < 1.29 is 4.39 Å². The first-order chi connectivity index (χ1) is 7.20. The number of hydrazine groups is 1. The Morgan fingerprint density at radius 3 is 3.00 bits per heavy atom. The molecule has 0 aliphatic carbocycles. The molecule has 1 aliphatic rings. The molecule has 1 atom stereocenters. The van der Waals surface area contributed by atoms with Gasteiger partial charge in [0.2, 0.25) is 0 Å². The molecule has 2 rings (SSSR count). The van der Waals surface area contributed by atoms with Crippen LogP contribution in [0.2, 0.25) is 0 Å². The third kappa shape index (κ3) is 1.89. The van der Waals surface area contributed by atoms with Crippen LogP contribution in [0.5, 0.6) is 0 Å². The monoisotopic (exact) mass is 209 g/mol. The number of halogens is 1. The summed E-state index contributed by atoms with van der Waals surface area (Å²) >= 11 is 0. The van der Waals surface area contributed by atoms with Crippen LogP contribution in [0, 0.1) is 0 Å². The van der Waals surface area contributed by atoms with Crippen molar-refractivity contribution in [3.63, 3.8) is 0 Å². The molecule has 0 amide bonds. The molecule has 2 heterocycles.